The van der Waals surface area contributed by atoms with Crippen LogP contribution < -0.4 is 0 Å². The van der Waals surface area contributed by atoms with Crippen LogP contribution in [0.15, 0.2) is 53.6 Å². The van der Waals surface area contributed by atoms with Gasteiger partial charge in [-0.1, -0.05) is 76.1 Å². The van der Waals surface area contributed by atoms with Crippen LogP contribution in [0.25, 0.3) is 0 Å². The van der Waals surface area contributed by atoms with Crippen LogP contribution in [-0.4, -0.2) is 46.3 Å². The summed E-state index contributed by atoms with van der Waals surface area (Å²) in [6, 6.07) is 9.25. The molecule has 50 heavy (non-hydrogen) atoms. The van der Waals surface area contributed by atoms with Crippen molar-refractivity contribution in [1.82, 2.24) is 0 Å². The molecule has 1 unspecified atom stereocenters. The highest BCUT2D eigenvalue weighted by molar-refractivity contribution is 6.74. The van der Waals surface area contributed by atoms with Gasteiger partial charge in [-0.25, -0.2) is 13.6 Å². The smallest absolute Gasteiger partial charge is 0.338 e. The van der Waals surface area contributed by atoms with E-state index in [0.717, 1.165) is 38.5 Å². The van der Waals surface area contributed by atoms with E-state index in [4.69, 9.17) is 13.6 Å². The SMILES string of the molecule is C[C@H](CCC(F)(F)C(C)(C)O[Si](C)(C)C)[C@H]1CCC2/C(=C/C=C3/C[C@H](OC(=O)c4ccccc4)C[C@H](O[Si](C)(C)C(C)(C)C)C3)CCC[C@@]21C. The Balaban J connectivity index is 1.50. The lowest BCUT2D eigenvalue weighted by Crippen LogP contribution is -2.51. The van der Waals surface area contributed by atoms with Crippen LogP contribution in [0.1, 0.15) is 123 Å². The lowest BCUT2D eigenvalue weighted by atomic mass is 9.60. The first-order chi connectivity index (χ1) is 22.9. The van der Waals surface area contributed by atoms with Gasteiger partial charge < -0.3 is 13.6 Å². The molecular weight excluding hydrogens is 663 g/mol. The number of benzene rings is 1. The van der Waals surface area contributed by atoms with Crippen molar-refractivity contribution in [3.05, 3.63) is 59.2 Å². The van der Waals surface area contributed by atoms with E-state index in [1.54, 1.807) is 26.0 Å². The lowest BCUT2D eigenvalue weighted by Gasteiger charge is -2.45. The van der Waals surface area contributed by atoms with Crippen molar-refractivity contribution in [2.24, 2.45) is 23.2 Å². The summed E-state index contributed by atoms with van der Waals surface area (Å²) in [6.07, 6.45) is 12.7. The summed E-state index contributed by atoms with van der Waals surface area (Å²) in [4.78, 5) is 13.1. The van der Waals surface area contributed by atoms with E-state index < -0.39 is 28.2 Å². The third-order valence-corrected chi connectivity index (χ3v) is 18.3. The fourth-order valence-electron chi connectivity index (χ4n) is 9.02. The number of hydrogen-bond acceptors (Lipinski definition) is 4. The number of carbonyl (C=O) groups is 1. The molecule has 4 nitrogen and oxygen atoms in total. The van der Waals surface area contributed by atoms with E-state index in [1.165, 1.54) is 11.1 Å². The van der Waals surface area contributed by atoms with E-state index in [2.05, 4.69) is 59.9 Å². The molecule has 282 valence electrons. The molecule has 3 saturated carbocycles. The largest absolute Gasteiger partial charge is 0.458 e. The van der Waals surface area contributed by atoms with Gasteiger partial charge in [-0.15, -0.1) is 0 Å². The summed E-state index contributed by atoms with van der Waals surface area (Å²) in [5.41, 5.74) is 2.02. The average molecular weight is 731 g/mol. The normalized spacial score (nSPS) is 29.2. The van der Waals surface area contributed by atoms with Crippen molar-refractivity contribution in [2.45, 2.75) is 174 Å². The predicted octanol–water partition coefficient (Wildman–Crippen LogP) is 12.5. The van der Waals surface area contributed by atoms with E-state index in [0.29, 0.717) is 36.7 Å². The van der Waals surface area contributed by atoms with Gasteiger partial charge in [-0.05, 0) is 132 Å². The molecule has 0 aliphatic heterocycles. The minimum Gasteiger partial charge on any atom is -0.458 e. The summed E-state index contributed by atoms with van der Waals surface area (Å²) < 4.78 is 50.1. The molecule has 0 spiro atoms. The average Bonchev–Trinajstić information content (AvgIpc) is 3.34. The first-order valence-electron chi connectivity index (χ1n) is 19.3. The Labute approximate surface area is 305 Å². The van der Waals surface area contributed by atoms with E-state index in [1.807, 2.05) is 37.8 Å². The van der Waals surface area contributed by atoms with Crippen LogP contribution >= 0.6 is 0 Å². The fourth-order valence-corrected chi connectivity index (χ4v) is 12.1. The minimum atomic E-state index is -2.87. The zero-order valence-corrected chi connectivity index (χ0v) is 35.4. The topological polar surface area (TPSA) is 44.8 Å². The second-order valence-corrected chi connectivity index (χ2v) is 28.3. The van der Waals surface area contributed by atoms with Crippen LogP contribution in [0.3, 0.4) is 0 Å². The number of halogens is 2. The van der Waals surface area contributed by atoms with Crippen molar-refractivity contribution in [2.75, 3.05) is 0 Å². The Hall–Kier alpha value is -1.62. The summed E-state index contributed by atoms with van der Waals surface area (Å²) >= 11 is 0. The highest BCUT2D eigenvalue weighted by atomic mass is 28.4. The molecule has 6 atom stereocenters. The van der Waals surface area contributed by atoms with Crippen LogP contribution in [0.4, 0.5) is 8.78 Å². The molecule has 3 fully saturated rings. The van der Waals surface area contributed by atoms with E-state index in [9.17, 15) is 4.79 Å². The van der Waals surface area contributed by atoms with Gasteiger partial charge in [0, 0.05) is 19.3 Å². The van der Waals surface area contributed by atoms with Crippen molar-refractivity contribution in [3.8, 4) is 0 Å². The molecule has 3 aliphatic carbocycles. The summed E-state index contributed by atoms with van der Waals surface area (Å²) in [6.45, 7) is 25.1. The molecule has 1 aromatic rings. The third kappa shape index (κ3) is 9.87. The quantitative estimate of drug-likeness (QED) is 0.159. The number of alkyl halides is 2. The standard InChI is InChI=1S/C42H68F2O4Si2/c1-30(24-26-42(43,44)40(5,6)48-49(8,9)10)36-22-23-37-32(19-16-25-41(36,37)7)21-20-31-27-34(46-38(45)33-17-14-13-15-18-33)29-35(28-31)47-50(11,12)39(2,3)4/h13-15,17-18,20-21,30,34-37H,16,19,22-29H2,1-12H3/b31-20-,32-21+/t30-,34+,35-,36-,37?,41-/m1/s1. The number of rotatable bonds is 12. The maximum absolute atomic E-state index is 15.6. The zero-order chi connectivity index (χ0) is 37.3. The van der Waals surface area contributed by atoms with Crippen molar-refractivity contribution in [3.63, 3.8) is 0 Å². The molecule has 4 rings (SSSR count). The first-order valence-corrected chi connectivity index (χ1v) is 25.7. The Morgan fingerprint density at radius 3 is 2.24 bits per heavy atom. The molecule has 0 aromatic heterocycles. The first kappa shape index (κ1) is 41.1. The van der Waals surface area contributed by atoms with Gasteiger partial charge in [-0.2, -0.15) is 0 Å². The molecule has 1 aromatic carbocycles. The number of esters is 1. The van der Waals surface area contributed by atoms with Crippen molar-refractivity contribution >= 4 is 22.6 Å². The molecule has 0 saturated heterocycles. The van der Waals surface area contributed by atoms with Gasteiger partial charge in [-0.3, -0.25) is 0 Å². The molecule has 0 heterocycles. The summed E-state index contributed by atoms with van der Waals surface area (Å²) in [7, 11) is -4.15. The summed E-state index contributed by atoms with van der Waals surface area (Å²) in [5, 5.41) is 0.0864. The Kier molecular flexibility index (Phi) is 12.7. The molecule has 3 aliphatic rings. The molecular formula is C42H68F2O4Si2. The molecule has 0 radical (unpaired) electrons. The second kappa shape index (κ2) is 15.4. The number of fused-ring (bicyclic) bond motifs is 1. The number of allylic oxidation sites excluding steroid dienone is 3. The minimum absolute atomic E-state index is 0.00967. The third-order valence-electron chi connectivity index (χ3n) is 12.7. The number of carbonyl (C=O) groups excluding carboxylic acids is 1. The molecule has 0 amide bonds. The second-order valence-electron chi connectivity index (χ2n) is 19.1. The van der Waals surface area contributed by atoms with E-state index >= 15 is 8.78 Å². The van der Waals surface area contributed by atoms with Gasteiger partial charge >= 0.3 is 5.97 Å². The Bertz CT molecular complexity index is 1370. The molecule has 8 heteroatoms. The molecule has 0 N–H and O–H groups in total. The van der Waals surface area contributed by atoms with Crippen molar-refractivity contribution in [1.29, 1.82) is 0 Å². The maximum Gasteiger partial charge on any atom is 0.338 e. The van der Waals surface area contributed by atoms with Crippen LogP contribution in [-0.2, 0) is 13.6 Å². The van der Waals surface area contributed by atoms with Gasteiger partial charge in [0.25, 0.3) is 5.92 Å². The highest BCUT2D eigenvalue weighted by Gasteiger charge is 2.53. The Morgan fingerprint density at radius 2 is 1.62 bits per heavy atom. The van der Waals surface area contributed by atoms with Gasteiger partial charge in [0.15, 0.2) is 16.6 Å². The summed E-state index contributed by atoms with van der Waals surface area (Å²) in [5.74, 6) is -2.02. The van der Waals surface area contributed by atoms with Crippen LogP contribution in [0, 0.1) is 23.2 Å². The fraction of sp³-hybridized carbons (Fsp3) is 0.738. The zero-order valence-electron chi connectivity index (χ0n) is 33.4. The van der Waals surface area contributed by atoms with Gasteiger partial charge in [0.05, 0.1) is 11.7 Å². The van der Waals surface area contributed by atoms with Gasteiger partial charge in [0.2, 0.25) is 0 Å². The van der Waals surface area contributed by atoms with Crippen molar-refractivity contribution < 1.29 is 27.2 Å². The van der Waals surface area contributed by atoms with Crippen LogP contribution in [0.5, 0.6) is 0 Å². The maximum atomic E-state index is 15.6. The lowest BCUT2D eigenvalue weighted by molar-refractivity contribution is -0.158. The monoisotopic (exact) mass is 730 g/mol. The molecule has 0 bridgehead atoms. The number of ether oxygens (including phenoxy) is 1. The van der Waals surface area contributed by atoms with Crippen LogP contribution in [0.2, 0.25) is 37.8 Å². The van der Waals surface area contributed by atoms with E-state index in [-0.39, 0.29) is 41.0 Å². The Morgan fingerprint density at radius 1 is 0.980 bits per heavy atom. The highest BCUT2D eigenvalue weighted by Crippen LogP contribution is 2.60. The van der Waals surface area contributed by atoms with Gasteiger partial charge in [0.1, 0.15) is 11.7 Å². The number of hydrogen-bond donors (Lipinski definition) is 0. The predicted molar refractivity (Wildman–Crippen MR) is 208 cm³/mol.